The molecule has 10 heavy (non-hydrogen) atoms. The van der Waals surface area contributed by atoms with Crippen LogP contribution in [-0.2, 0) is 21.1 Å². The largest absolute Gasteiger partial charge is 0.659 e. The maximum absolute atomic E-state index is 4.51. The summed E-state index contributed by atoms with van der Waals surface area (Å²) in [6.45, 7) is 7.91. The maximum atomic E-state index is 4.51. The third-order valence-corrected chi connectivity index (χ3v) is 1.98. The molecule has 0 aromatic rings. The summed E-state index contributed by atoms with van der Waals surface area (Å²) in [6.07, 6.45) is 2.62. The Kier molecular flexibility index (Phi) is 4.13. The van der Waals surface area contributed by atoms with E-state index in [1.165, 1.54) is 12.8 Å². The molecular formula is C8H16NW-. The van der Waals surface area contributed by atoms with Crippen molar-refractivity contribution >= 4 is 0 Å². The normalized spacial score (nSPS) is 26.1. The molecule has 60 valence electrons. The van der Waals surface area contributed by atoms with Crippen LogP contribution in [0.25, 0.3) is 5.32 Å². The van der Waals surface area contributed by atoms with Crippen molar-refractivity contribution in [1.29, 1.82) is 0 Å². The Morgan fingerprint density at radius 3 is 2.10 bits per heavy atom. The first-order valence-corrected chi connectivity index (χ1v) is 3.77. The van der Waals surface area contributed by atoms with Crippen molar-refractivity contribution in [1.82, 2.24) is 0 Å². The van der Waals surface area contributed by atoms with Gasteiger partial charge in [0.25, 0.3) is 0 Å². The van der Waals surface area contributed by atoms with E-state index < -0.39 is 0 Å². The quantitative estimate of drug-likeness (QED) is 0.653. The molecule has 1 atom stereocenters. The van der Waals surface area contributed by atoms with Gasteiger partial charge in [0, 0.05) is 21.1 Å². The van der Waals surface area contributed by atoms with Gasteiger partial charge in [0.15, 0.2) is 0 Å². The van der Waals surface area contributed by atoms with E-state index >= 15 is 0 Å². The SMILES string of the molecule is CC(C)(C)C1CCC[N-]1.[W]. The van der Waals surface area contributed by atoms with Gasteiger partial charge in [0.05, 0.1) is 0 Å². The van der Waals surface area contributed by atoms with Gasteiger partial charge in [0.2, 0.25) is 0 Å². The summed E-state index contributed by atoms with van der Waals surface area (Å²) in [4.78, 5) is 0. The smallest absolute Gasteiger partial charge is 0 e. The number of hydrogen-bond donors (Lipinski definition) is 0. The maximum Gasteiger partial charge on any atom is 0 e. The molecule has 1 heterocycles. The van der Waals surface area contributed by atoms with Gasteiger partial charge in [-0.1, -0.05) is 39.0 Å². The van der Waals surface area contributed by atoms with Crippen LogP contribution in [0, 0.1) is 5.41 Å². The molecule has 0 aromatic carbocycles. The standard InChI is InChI=1S/C8H16N.W/c1-8(2,3)7-5-4-6-9-7;/h7H,4-6H2,1-3H3;/q-1;. The second-order valence-corrected chi connectivity index (χ2v) is 3.93. The van der Waals surface area contributed by atoms with E-state index in [-0.39, 0.29) is 21.1 Å². The van der Waals surface area contributed by atoms with Gasteiger partial charge in [-0.2, -0.15) is 0 Å². The van der Waals surface area contributed by atoms with E-state index in [4.69, 9.17) is 0 Å². The molecule has 0 amide bonds. The molecule has 1 aliphatic rings. The van der Waals surface area contributed by atoms with Crippen LogP contribution < -0.4 is 0 Å². The van der Waals surface area contributed by atoms with Crippen LogP contribution in [0.15, 0.2) is 0 Å². The van der Waals surface area contributed by atoms with E-state index in [9.17, 15) is 0 Å². The second-order valence-electron chi connectivity index (χ2n) is 3.93. The molecular weight excluding hydrogens is 294 g/mol. The van der Waals surface area contributed by atoms with Crippen LogP contribution in [0.2, 0.25) is 0 Å². The zero-order chi connectivity index (χ0) is 6.91. The van der Waals surface area contributed by atoms with Crippen LogP contribution in [0.5, 0.6) is 0 Å². The van der Waals surface area contributed by atoms with Crippen LogP contribution in [0.4, 0.5) is 0 Å². The summed E-state index contributed by atoms with van der Waals surface area (Å²) in [7, 11) is 0. The minimum absolute atomic E-state index is 0. The van der Waals surface area contributed by atoms with Crippen LogP contribution in [0.3, 0.4) is 0 Å². The van der Waals surface area contributed by atoms with Crippen LogP contribution >= 0.6 is 0 Å². The zero-order valence-electron chi connectivity index (χ0n) is 7.05. The minimum atomic E-state index is 0. The third kappa shape index (κ3) is 2.72. The topological polar surface area (TPSA) is 14.1 Å². The summed E-state index contributed by atoms with van der Waals surface area (Å²) < 4.78 is 0. The van der Waals surface area contributed by atoms with E-state index in [1.807, 2.05) is 0 Å². The average molecular weight is 310 g/mol. The molecule has 1 rings (SSSR count). The van der Waals surface area contributed by atoms with Gasteiger partial charge < -0.3 is 5.32 Å². The number of nitrogens with zero attached hydrogens (tertiary/aromatic N) is 1. The Bertz CT molecular complexity index is 89.9. The Morgan fingerprint density at radius 1 is 1.30 bits per heavy atom. The molecule has 0 bridgehead atoms. The molecule has 0 N–H and O–H groups in total. The summed E-state index contributed by atoms with van der Waals surface area (Å²) in [5, 5.41) is 4.51. The minimum Gasteiger partial charge on any atom is -0.659 e. The monoisotopic (exact) mass is 310 g/mol. The molecule has 0 radical (unpaired) electrons. The van der Waals surface area contributed by atoms with Crippen molar-refractivity contribution in [3.63, 3.8) is 0 Å². The number of hydrogen-bond acceptors (Lipinski definition) is 0. The predicted molar refractivity (Wildman–Crippen MR) is 40.7 cm³/mol. The summed E-state index contributed by atoms with van der Waals surface area (Å²) in [6, 6.07) is 0.637. The zero-order valence-corrected chi connectivity index (χ0v) is 9.99. The van der Waals surface area contributed by atoms with Gasteiger partial charge in [-0.3, -0.25) is 0 Å². The summed E-state index contributed by atoms with van der Waals surface area (Å²) in [5.74, 6) is 0. The summed E-state index contributed by atoms with van der Waals surface area (Å²) >= 11 is 0. The number of rotatable bonds is 0. The fourth-order valence-electron chi connectivity index (χ4n) is 1.33. The third-order valence-electron chi connectivity index (χ3n) is 1.98. The fraction of sp³-hybridized carbons (Fsp3) is 1.00. The van der Waals surface area contributed by atoms with E-state index in [0.29, 0.717) is 11.5 Å². The van der Waals surface area contributed by atoms with E-state index in [2.05, 4.69) is 26.1 Å². The van der Waals surface area contributed by atoms with Crippen molar-refractivity contribution in [3.05, 3.63) is 5.32 Å². The molecule has 0 spiro atoms. The van der Waals surface area contributed by atoms with Crippen molar-refractivity contribution in [2.75, 3.05) is 6.54 Å². The van der Waals surface area contributed by atoms with Gasteiger partial charge in [-0.15, -0.1) is 12.6 Å². The molecule has 0 saturated carbocycles. The van der Waals surface area contributed by atoms with Crippen molar-refractivity contribution in [2.24, 2.45) is 5.41 Å². The molecule has 1 fully saturated rings. The Hall–Kier alpha value is 0.648. The first kappa shape index (κ1) is 10.6. The Labute approximate surface area is 78.2 Å². The predicted octanol–water partition coefficient (Wildman–Crippen LogP) is 2.57. The summed E-state index contributed by atoms with van der Waals surface area (Å²) in [5.41, 5.74) is 0.413. The van der Waals surface area contributed by atoms with Crippen LogP contribution in [0.1, 0.15) is 33.6 Å². The molecule has 1 saturated heterocycles. The molecule has 1 aliphatic heterocycles. The van der Waals surface area contributed by atoms with Crippen molar-refractivity contribution in [3.8, 4) is 0 Å². The van der Waals surface area contributed by atoms with Gasteiger partial charge in [-0.25, -0.2) is 0 Å². The molecule has 1 unspecified atom stereocenters. The van der Waals surface area contributed by atoms with Gasteiger partial charge >= 0.3 is 0 Å². The molecule has 0 aliphatic carbocycles. The molecule has 1 nitrogen and oxygen atoms in total. The second kappa shape index (κ2) is 3.87. The van der Waals surface area contributed by atoms with E-state index in [1.54, 1.807) is 0 Å². The molecule has 0 aromatic heterocycles. The van der Waals surface area contributed by atoms with Crippen molar-refractivity contribution in [2.45, 2.75) is 39.7 Å². The Balaban J connectivity index is 0.000000810. The first-order valence-electron chi connectivity index (χ1n) is 3.77. The van der Waals surface area contributed by atoms with Crippen LogP contribution in [-0.4, -0.2) is 12.6 Å². The van der Waals surface area contributed by atoms with Gasteiger partial charge in [-0.05, 0) is 0 Å². The molecule has 2 heteroatoms. The van der Waals surface area contributed by atoms with Gasteiger partial charge in [0.1, 0.15) is 0 Å². The van der Waals surface area contributed by atoms with Crippen molar-refractivity contribution < 1.29 is 21.1 Å². The average Bonchev–Trinajstić information content (AvgIpc) is 2.08. The fourth-order valence-corrected chi connectivity index (χ4v) is 1.33. The van der Waals surface area contributed by atoms with E-state index in [0.717, 1.165) is 6.54 Å². The Morgan fingerprint density at radius 2 is 1.90 bits per heavy atom. The first-order chi connectivity index (χ1) is 4.11.